The minimum Gasteiger partial charge on any atom is -0.467 e. The van der Waals surface area contributed by atoms with Crippen molar-refractivity contribution in [3.63, 3.8) is 0 Å². The van der Waals surface area contributed by atoms with Gasteiger partial charge in [-0.15, -0.1) is 0 Å². The molecular weight excluding hydrogens is 206 g/mol. The Balaban J connectivity index is 2.12. The Morgan fingerprint density at radius 3 is 3.00 bits per heavy atom. The number of aromatic nitrogens is 1. The fourth-order valence-corrected chi connectivity index (χ4v) is 1.33. The predicted molar refractivity (Wildman–Crippen MR) is 58.8 cm³/mol. The maximum atomic E-state index is 11.1. The number of primary amides is 1. The highest BCUT2D eigenvalue weighted by molar-refractivity contribution is 5.97. The minimum absolute atomic E-state index is 0.369. The summed E-state index contributed by atoms with van der Waals surface area (Å²) in [6, 6.07) is 6.92. The highest BCUT2D eigenvalue weighted by Gasteiger charge is 2.08. The first-order chi connectivity index (χ1) is 7.77. The van der Waals surface area contributed by atoms with E-state index < -0.39 is 5.91 Å². The number of rotatable bonds is 4. The zero-order valence-electron chi connectivity index (χ0n) is 8.51. The fraction of sp³-hybridized carbons (Fsp3) is 0.0909. The molecule has 0 fully saturated rings. The number of carbonyl (C=O) groups is 1. The van der Waals surface area contributed by atoms with Gasteiger partial charge in [-0.25, -0.2) is 4.98 Å². The summed E-state index contributed by atoms with van der Waals surface area (Å²) < 4.78 is 5.15. The molecule has 5 heteroatoms. The predicted octanol–water partition coefficient (Wildman–Crippen LogP) is 1.39. The van der Waals surface area contributed by atoms with Crippen LogP contribution in [-0.2, 0) is 6.54 Å². The number of nitrogens with one attached hydrogen (secondary N) is 1. The van der Waals surface area contributed by atoms with E-state index in [4.69, 9.17) is 10.2 Å². The molecule has 2 aromatic heterocycles. The van der Waals surface area contributed by atoms with Crippen molar-refractivity contribution in [2.75, 3.05) is 5.32 Å². The van der Waals surface area contributed by atoms with Gasteiger partial charge in [-0.3, -0.25) is 4.79 Å². The number of amides is 1. The van der Waals surface area contributed by atoms with Crippen LogP contribution in [0.1, 0.15) is 16.1 Å². The average Bonchev–Trinajstić information content (AvgIpc) is 2.79. The molecule has 0 aromatic carbocycles. The van der Waals surface area contributed by atoms with E-state index >= 15 is 0 Å². The van der Waals surface area contributed by atoms with Gasteiger partial charge in [0.05, 0.1) is 18.4 Å². The normalized spacial score (nSPS) is 10.0. The van der Waals surface area contributed by atoms with Crippen molar-refractivity contribution in [2.24, 2.45) is 5.73 Å². The van der Waals surface area contributed by atoms with E-state index in [9.17, 15) is 4.79 Å². The molecule has 0 atom stereocenters. The summed E-state index contributed by atoms with van der Waals surface area (Å²) in [6.07, 6.45) is 3.18. The molecule has 0 aliphatic heterocycles. The van der Waals surface area contributed by atoms with Gasteiger partial charge >= 0.3 is 0 Å². The van der Waals surface area contributed by atoms with Crippen LogP contribution in [0.4, 0.5) is 5.82 Å². The van der Waals surface area contributed by atoms with E-state index in [0.717, 1.165) is 5.76 Å². The first-order valence-electron chi connectivity index (χ1n) is 4.78. The molecule has 0 aliphatic carbocycles. The largest absolute Gasteiger partial charge is 0.467 e. The summed E-state index contributed by atoms with van der Waals surface area (Å²) in [5, 5.41) is 2.99. The number of hydrogen-bond acceptors (Lipinski definition) is 4. The number of nitrogens with zero attached hydrogens (tertiary/aromatic N) is 1. The van der Waals surface area contributed by atoms with E-state index in [2.05, 4.69) is 10.3 Å². The van der Waals surface area contributed by atoms with Gasteiger partial charge in [0.25, 0.3) is 5.91 Å². The molecule has 0 aliphatic rings. The second-order valence-electron chi connectivity index (χ2n) is 3.20. The van der Waals surface area contributed by atoms with Gasteiger partial charge in [-0.2, -0.15) is 0 Å². The molecule has 0 bridgehead atoms. The highest BCUT2D eigenvalue weighted by atomic mass is 16.3. The molecule has 16 heavy (non-hydrogen) atoms. The van der Waals surface area contributed by atoms with Crippen LogP contribution in [0.2, 0.25) is 0 Å². The molecule has 5 nitrogen and oxygen atoms in total. The molecular formula is C11H11N3O2. The lowest BCUT2D eigenvalue weighted by Crippen LogP contribution is -2.15. The van der Waals surface area contributed by atoms with Crippen LogP contribution in [0.5, 0.6) is 0 Å². The number of carbonyl (C=O) groups excluding carboxylic acids is 1. The van der Waals surface area contributed by atoms with Gasteiger partial charge in [0.2, 0.25) is 0 Å². The van der Waals surface area contributed by atoms with E-state index in [1.54, 1.807) is 30.7 Å². The van der Waals surface area contributed by atoms with E-state index in [1.165, 1.54) is 0 Å². The van der Waals surface area contributed by atoms with Crippen molar-refractivity contribution in [1.82, 2.24) is 4.98 Å². The topological polar surface area (TPSA) is 81.2 Å². The smallest absolute Gasteiger partial charge is 0.252 e. The fourth-order valence-electron chi connectivity index (χ4n) is 1.33. The van der Waals surface area contributed by atoms with Crippen LogP contribution in [0, 0.1) is 0 Å². The minimum atomic E-state index is -0.505. The molecule has 2 heterocycles. The quantitative estimate of drug-likeness (QED) is 0.810. The van der Waals surface area contributed by atoms with Crippen molar-refractivity contribution in [3.05, 3.63) is 48.0 Å². The summed E-state index contributed by atoms with van der Waals surface area (Å²) in [6.45, 7) is 0.463. The van der Waals surface area contributed by atoms with Gasteiger partial charge in [0.1, 0.15) is 11.6 Å². The second kappa shape index (κ2) is 4.48. The van der Waals surface area contributed by atoms with E-state index in [-0.39, 0.29) is 0 Å². The molecule has 0 unspecified atom stereocenters. The standard InChI is InChI=1S/C11H11N3O2/c12-10(15)9-4-1-5-13-11(9)14-7-8-3-2-6-16-8/h1-6H,7H2,(H2,12,15)(H,13,14). The summed E-state index contributed by atoms with van der Waals surface area (Å²) >= 11 is 0. The van der Waals surface area contributed by atoms with Crippen LogP contribution in [0.25, 0.3) is 0 Å². The zero-order chi connectivity index (χ0) is 11.4. The summed E-state index contributed by atoms with van der Waals surface area (Å²) in [5.74, 6) is 0.725. The summed E-state index contributed by atoms with van der Waals surface area (Å²) in [7, 11) is 0. The molecule has 2 rings (SSSR count). The van der Waals surface area contributed by atoms with Gasteiger partial charge in [-0.05, 0) is 24.3 Å². The Bertz CT molecular complexity index is 480. The number of anilines is 1. The molecule has 0 saturated carbocycles. The monoisotopic (exact) mass is 217 g/mol. The van der Waals surface area contributed by atoms with E-state index in [1.807, 2.05) is 6.07 Å². The lowest BCUT2D eigenvalue weighted by atomic mass is 10.2. The second-order valence-corrected chi connectivity index (χ2v) is 3.20. The molecule has 0 saturated heterocycles. The number of furan rings is 1. The molecule has 2 aromatic rings. The van der Waals surface area contributed by atoms with Crippen molar-refractivity contribution in [3.8, 4) is 0 Å². The lowest BCUT2D eigenvalue weighted by Gasteiger charge is -2.06. The Kier molecular flexibility index (Phi) is 2.86. The SMILES string of the molecule is NC(=O)c1cccnc1NCc1ccco1. The average molecular weight is 217 g/mol. The Morgan fingerprint density at radius 1 is 1.44 bits per heavy atom. The first-order valence-corrected chi connectivity index (χ1v) is 4.78. The lowest BCUT2D eigenvalue weighted by molar-refractivity contribution is 0.100. The van der Waals surface area contributed by atoms with Crippen LogP contribution in [0.3, 0.4) is 0 Å². The third kappa shape index (κ3) is 2.20. The van der Waals surface area contributed by atoms with Crippen molar-refractivity contribution >= 4 is 11.7 Å². The van der Waals surface area contributed by atoms with Gasteiger partial charge in [0.15, 0.2) is 0 Å². The van der Waals surface area contributed by atoms with Crippen LogP contribution >= 0.6 is 0 Å². The highest BCUT2D eigenvalue weighted by Crippen LogP contribution is 2.12. The number of nitrogens with two attached hydrogens (primary N) is 1. The zero-order valence-corrected chi connectivity index (χ0v) is 8.51. The maximum Gasteiger partial charge on any atom is 0.252 e. The molecule has 3 N–H and O–H groups in total. The first kappa shape index (κ1) is 10.2. The van der Waals surface area contributed by atoms with Crippen LogP contribution in [0.15, 0.2) is 41.1 Å². The van der Waals surface area contributed by atoms with Crippen LogP contribution < -0.4 is 11.1 Å². The number of hydrogen-bond donors (Lipinski definition) is 2. The van der Waals surface area contributed by atoms with Crippen molar-refractivity contribution in [2.45, 2.75) is 6.54 Å². The Hall–Kier alpha value is -2.30. The van der Waals surface area contributed by atoms with Crippen molar-refractivity contribution in [1.29, 1.82) is 0 Å². The van der Waals surface area contributed by atoms with E-state index in [0.29, 0.717) is 17.9 Å². The Labute approximate surface area is 92.3 Å². The molecule has 0 spiro atoms. The third-order valence-electron chi connectivity index (χ3n) is 2.08. The number of pyridine rings is 1. The molecule has 0 radical (unpaired) electrons. The summed E-state index contributed by atoms with van der Waals surface area (Å²) in [5.41, 5.74) is 5.59. The molecule has 82 valence electrons. The van der Waals surface area contributed by atoms with Crippen LogP contribution in [-0.4, -0.2) is 10.9 Å². The van der Waals surface area contributed by atoms with Gasteiger partial charge < -0.3 is 15.5 Å². The van der Waals surface area contributed by atoms with Gasteiger partial charge in [0, 0.05) is 6.20 Å². The van der Waals surface area contributed by atoms with Gasteiger partial charge in [-0.1, -0.05) is 0 Å². The summed E-state index contributed by atoms with van der Waals surface area (Å²) in [4.78, 5) is 15.1. The maximum absolute atomic E-state index is 11.1. The third-order valence-corrected chi connectivity index (χ3v) is 2.08. The van der Waals surface area contributed by atoms with Crippen molar-refractivity contribution < 1.29 is 9.21 Å². The molecule has 1 amide bonds. The Morgan fingerprint density at radius 2 is 2.31 bits per heavy atom.